The minimum Gasteiger partial charge on any atom is -0.462 e. The zero-order valence-corrected chi connectivity index (χ0v) is 35.9. The number of carbonyl (C=O) groups excluding carboxylic acids is 2. The molecule has 0 saturated carbocycles. The third-order valence-corrected chi connectivity index (χ3v) is 11.2. The Balaban J connectivity index is 4.53. The summed E-state index contributed by atoms with van der Waals surface area (Å²) in [6.07, 6.45) is 43.1. The summed E-state index contributed by atoms with van der Waals surface area (Å²) in [6, 6.07) is -0.690. The highest BCUT2D eigenvalue weighted by Gasteiger charge is 2.24. The largest absolute Gasteiger partial charge is 0.462 e. The summed E-state index contributed by atoms with van der Waals surface area (Å²) in [7, 11) is 0. The SMILES string of the molecule is CCCCCCCCCCCCCCCCCC(CC(=O)NC(CO)C(O)CCCCCCCCCCC)OC(=O)CCCCCCCCCCCC. The molecule has 53 heavy (non-hydrogen) atoms. The zero-order chi connectivity index (χ0) is 38.9. The van der Waals surface area contributed by atoms with E-state index in [1.54, 1.807) is 0 Å². The highest BCUT2D eigenvalue weighted by atomic mass is 16.5. The van der Waals surface area contributed by atoms with Gasteiger partial charge in [0.15, 0.2) is 0 Å². The van der Waals surface area contributed by atoms with Crippen LogP contribution in [-0.4, -0.2) is 46.9 Å². The lowest BCUT2D eigenvalue weighted by molar-refractivity contribution is -0.151. The Labute approximate surface area is 330 Å². The molecule has 6 nitrogen and oxygen atoms in total. The lowest BCUT2D eigenvalue weighted by atomic mass is 10.0. The van der Waals surface area contributed by atoms with E-state index in [0.29, 0.717) is 19.3 Å². The van der Waals surface area contributed by atoms with Gasteiger partial charge in [-0.15, -0.1) is 0 Å². The average Bonchev–Trinajstić information content (AvgIpc) is 3.15. The van der Waals surface area contributed by atoms with Crippen molar-refractivity contribution in [2.75, 3.05) is 6.61 Å². The van der Waals surface area contributed by atoms with Crippen molar-refractivity contribution in [3.8, 4) is 0 Å². The number of esters is 1. The van der Waals surface area contributed by atoms with Crippen molar-refractivity contribution >= 4 is 11.9 Å². The number of amides is 1. The molecular weight excluding hydrogens is 659 g/mol. The molecule has 0 aromatic rings. The van der Waals surface area contributed by atoms with Gasteiger partial charge in [0.25, 0.3) is 0 Å². The Kier molecular flexibility index (Phi) is 41.1. The van der Waals surface area contributed by atoms with Crippen molar-refractivity contribution in [1.29, 1.82) is 0 Å². The fourth-order valence-corrected chi connectivity index (χ4v) is 7.55. The maximum atomic E-state index is 13.1. The standard InChI is InChI=1S/C47H93NO5/c1-4-7-10-13-16-19-21-22-23-24-25-27-29-32-35-38-43(53-47(52)40-37-34-31-28-20-17-14-11-8-5-2)41-46(51)48-44(42-49)45(50)39-36-33-30-26-18-15-12-9-6-3/h43-45,49-50H,4-42H2,1-3H3,(H,48,51). The highest BCUT2D eigenvalue weighted by Crippen LogP contribution is 2.18. The van der Waals surface area contributed by atoms with Crippen molar-refractivity contribution in [3.05, 3.63) is 0 Å². The molecule has 0 radical (unpaired) electrons. The van der Waals surface area contributed by atoms with Crippen LogP contribution in [0.2, 0.25) is 0 Å². The topological polar surface area (TPSA) is 95.9 Å². The fourth-order valence-electron chi connectivity index (χ4n) is 7.55. The van der Waals surface area contributed by atoms with Gasteiger partial charge < -0.3 is 20.3 Å². The van der Waals surface area contributed by atoms with Crippen LogP contribution < -0.4 is 5.32 Å². The maximum absolute atomic E-state index is 13.1. The molecule has 0 heterocycles. The van der Waals surface area contributed by atoms with E-state index in [9.17, 15) is 19.8 Å². The van der Waals surface area contributed by atoms with E-state index >= 15 is 0 Å². The van der Waals surface area contributed by atoms with Crippen LogP contribution in [0, 0.1) is 0 Å². The summed E-state index contributed by atoms with van der Waals surface area (Å²) in [5.74, 6) is -0.458. The normalized spacial score (nSPS) is 13.2. The smallest absolute Gasteiger partial charge is 0.306 e. The molecule has 1 amide bonds. The monoisotopic (exact) mass is 752 g/mol. The molecule has 3 atom stereocenters. The molecule has 0 aromatic carbocycles. The van der Waals surface area contributed by atoms with Gasteiger partial charge in [0.1, 0.15) is 6.10 Å². The molecule has 6 heteroatoms. The van der Waals surface area contributed by atoms with Crippen LogP contribution in [0.1, 0.15) is 265 Å². The second-order valence-corrected chi connectivity index (χ2v) is 16.5. The number of aliphatic hydroxyl groups is 2. The number of rotatable bonds is 43. The van der Waals surface area contributed by atoms with Crippen LogP contribution >= 0.6 is 0 Å². The van der Waals surface area contributed by atoms with Crippen LogP contribution in [0.15, 0.2) is 0 Å². The van der Waals surface area contributed by atoms with Gasteiger partial charge >= 0.3 is 5.97 Å². The van der Waals surface area contributed by atoms with Crippen molar-refractivity contribution in [1.82, 2.24) is 5.32 Å². The Morgan fingerprint density at radius 1 is 0.472 bits per heavy atom. The molecule has 0 fully saturated rings. The second-order valence-electron chi connectivity index (χ2n) is 16.5. The first-order chi connectivity index (χ1) is 26.0. The Hall–Kier alpha value is -1.14. The molecule has 0 aliphatic heterocycles. The molecule has 0 aromatic heterocycles. The van der Waals surface area contributed by atoms with Crippen molar-refractivity contribution in [2.45, 2.75) is 283 Å². The Bertz CT molecular complexity index is 761. The minimum atomic E-state index is -0.776. The molecule has 3 N–H and O–H groups in total. The van der Waals surface area contributed by atoms with Gasteiger partial charge in [-0.25, -0.2) is 0 Å². The van der Waals surface area contributed by atoms with Crippen molar-refractivity contribution in [2.24, 2.45) is 0 Å². The van der Waals surface area contributed by atoms with Crippen LogP contribution in [0.5, 0.6) is 0 Å². The molecule has 0 rings (SSSR count). The number of unbranched alkanes of at least 4 members (excludes halogenated alkanes) is 31. The first kappa shape index (κ1) is 51.9. The fraction of sp³-hybridized carbons (Fsp3) is 0.957. The summed E-state index contributed by atoms with van der Waals surface area (Å²) in [6.45, 7) is 6.47. The zero-order valence-electron chi connectivity index (χ0n) is 35.9. The molecule has 316 valence electrons. The number of ether oxygens (including phenoxy) is 1. The minimum absolute atomic E-state index is 0.0869. The molecule has 0 aliphatic carbocycles. The van der Waals surface area contributed by atoms with Gasteiger partial charge in [-0.05, 0) is 25.7 Å². The van der Waals surface area contributed by atoms with E-state index in [2.05, 4.69) is 26.1 Å². The van der Waals surface area contributed by atoms with Gasteiger partial charge in [0.2, 0.25) is 5.91 Å². The van der Waals surface area contributed by atoms with Gasteiger partial charge in [-0.2, -0.15) is 0 Å². The lowest BCUT2D eigenvalue weighted by Gasteiger charge is -2.24. The number of hydrogen-bond acceptors (Lipinski definition) is 5. The molecule has 0 aliphatic rings. The average molecular weight is 752 g/mol. The summed E-state index contributed by atoms with van der Waals surface area (Å²) >= 11 is 0. The van der Waals surface area contributed by atoms with E-state index < -0.39 is 18.2 Å². The lowest BCUT2D eigenvalue weighted by Crippen LogP contribution is -2.46. The number of nitrogens with one attached hydrogen (secondary N) is 1. The third kappa shape index (κ3) is 37.6. The third-order valence-electron chi connectivity index (χ3n) is 11.2. The Morgan fingerprint density at radius 2 is 0.792 bits per heavy atom. The van der Waals surface area contributed by atoms with Crippen LogP contribution in [0.25, 0.3) is 0 Å². The quantitative estimate of drug-likeness (QED) is 0.0426. The highest BCUT2D eigenvalue weighted by molar-refractivity contribution is 5.77. The second kappa shape index (κ2) is 42.0. The predicted molar refractivity (Wildman–Crippen MR) is 227 cm³/mol. The van der Waals surface area contributed by atoms with E-state index in [0.717, 1.165) is 44.9 Å². The molecular formula is C47H93NO5. The molecule has 0 spiro atoms. The molecule has 0 saturated heterocycles. The summed E-state index contributed by atoms with van der Waals surface area (Å²) in [5.41, 5.74) is 0. The molecule has 0 bridgehead atoms. The number of carbonyl (C=O) groups is 2. The Morgan fingerprint density at radius 3 is 1.15 bits per heavy atom. The van der Waals surface area contributed by atoms with Crippen LogP contribution in [0.4, 0.5) is 0 Å². The summed E-state index contributed by atoms with van der Waals surface area (Å²) < 4.78 is 5.91. The van der Waals surface area contributed by atoms with Gasteiger partial charge in [-0.1, -0.05) is 226 Å². The van der Waals surface area contributed by atoms with Gasteiger partial charge in [0, 0.05) is 6.42 Å². The van der Waals surface area contributed by atoms with Gasteiger partial charge in [-0.3, -0.25) is 9.59 Å². The molecule has 3 unspecified atom stereocenters. The van der Waals surface area contributed by atoms with E-state index in [1.807, 2.05) is 0 Å². The summed E-state index contributed by atoms with van der Waals surface area (Å²) in [4.78, 5) is 26.0. The van der Waals surface area contributed by atoms with Gasteiger partial charge in [0.05, 0.1) is 25.2 Å². The van der Waals surface area contributed by atoms with E-state index in [1.165, 1.54) is 173 Å². The summed E-state index contributed by atoms with van der Waals surface area (Å²) in [5, 5.41) is 23.6. The maximum Gasteiger partial charge on any atom is 0.306 e. The van der Waals surface area contributed by atoms with Crippen LogP contribution in [-0.2, 0) is 14.3 Å². The first-order valence-electron chi connectivity index (χ1n) is 23.8. The van der Waals surface area contributed by atoms with Crippen LogP contribution in [0.3, 0.4) is 0 Å². The predicted octanol–water partition coefficient (Wildman–Crippen LogP) is 13.6. The number of hydrogen-bond donors (Lipinski definition) is 3. The first-order valence-corrected chi connectivity index (χ1v) is 23.8. The van der Waals surface area contributed by atoms with E-state index in [-0.39, 0.29) is 24.9 Å². The van der Waals surface area contributed by atoms with E-state index in [4.69, 9.17) is 4.74 Å². The van der Waals surface area contributed by atoms with Crippen molar-refractivity contribution in [3.63, 3.8) is 0 Å². The number of aliphatic hydroxyl groups excluding tert-OH is 2. The van der Waals surface area contributed by atoms with Crippen molar-refractivity contribution < 1.29 is 24.5 Å².